The van der Waals surface area contributed by atoms with Crippen LogP contribution in [0.2, 0.25) is 0 Å². The molecule has 1 aliphatic rings. The Morgan fingerprint density at radius 2 is 1.94 bits per heavy atom. The van der Waals surface area contributed by atoms with Crippen molar-refractivity contribution < 1.29 is 14.1 Å². The van der Waals surface area contributed by atoms with E-state index in [9.17, 15) is 9.59 Å². The van der Waals surface area contributed by atoms with Crippen molar-refractivity contribution in [2.24, 2.45) is 5.73 Å². The van der Waals surface area contributed by atoms with Gasteiger partial charge in [-0.2, -0.15) is 4.98 Å². The molecule has 0 saturated carbocycles. The molecule has 0 atom stereocenters. The Labute approximate surface area is 98.0 Å². The quantitative estimate of drug-likeness (QED) is 0.738. The average Bonchev–Trinajstić information content (AvgIpc) is 2.79. The van der Waals surface area contributed by atoms with E-state index in [2.05, 4.69) is 10.1 Å². The topological polar surface area (TPSA) is 102 Å². The molecule has 92 valence electrons. The highest BCUT2D eigenvalue weighted by atomic mass is 16.5. The first-order valence-electron chi connectivity index (χ1n) is 5.33. The Morgan fingerprint density at radius 1 is 1.35 bits per heavy atom. The lowest BCUT2D eigenvalue weighted by Gasteiger charge is -2.12. The van der Waals surface area contributed by atoms with Crippen LogP contribution in [0.5, 0.6) is 0 Å². The number of amides is 2. The zero-order valence-corrected chi connectivity index (χ0v) is 9.77. The lowest BCUT2D eigenvalue weighted by Crippen LogP contribution is -2.31. The molecule has 1 aromatic rings. The second-order valence-corrected chi connectivity index (χ2v) is 4.61. The lowest BCUT2D eigenvalue weighted by atomic mass is 10.1. The van der Waals surface area contributed by atoms with Crippen LogP contribution in [0.25, 0.3) is 0 Å². The first-order valence-corrected chi connectivity index (χ1v) is 5.33. The molecule has 2 rings (SSSR count). The Kier molecular flexibility index (Phi) is 2.70. The summed E-state index contributed by atoms with van der Waals surface area (Å²) in [6.07, 6.45) is 0.504. The second-order valence-electron chi connectivity index (χ2n) is 4.61. The van der Waals surface area contributed by atoms with Gasteiger partial charge in [0.25, 0.3) is 0 Å². The second kappa shape index (κ2) is 3.92. The maximum atomic E-state index is 11.4. The molecule has 1 aliphatic heterocycles. The Balaban J connectivity index is 2.12. The van der Waals surface area contributed by atoms with Crippen LogP contribution in [-0.2, 0) is 21.7 Å². The van der Waals surface area contributed by atoms with Crippen LogP contribution >= 0.6 is 0 Å². The van der Waals surface area contributed by atoms with Crippen LogP contribution in [0.4, 0.5) is 0 Å². The number of carbonyl (C=O) groups excluding carboxylic acids is 2. The van der Waals surface area contributed by atoms with Gasteiger partial charge in [0.1, 0.15) is 6.54 Å². The normalized spacial score (nSPS) is 17.0. The van der Waals surface area contributed by atoms with Crippen LogP contribution in [0, 0.1) is 0 Å². The predicted molar refractivity (Wildman–Crippen MR) is 56.3 cm³/mol. The summed E-state index contributed by atoms with van der Waals surface area (Å²) in [6.45, 7) is 3.52. The average molecular weight is 238 g/mol. The molecule has 2 amide bonds. The van der Waals surface area contributed by atoms with Gasteiger partial charge in [-0.15, -0.1) is 0 Å². The molecular weight excluding hydrogens is 224 g/mol. The van der Waals surface area contributed by atoms with Crippen LogP contribution in [0.3, 0.4) is 0 Å². The molecule has 1 aromatic heterocycles. The summed E-state index contributed by atoms with van der Waals surface area (Å²) in [5.41, 5.74) is 5.09. The fourth-order valence-corrected chi connectivity index (χ4v) is 1.52. The van der Waals surface area contributed by atoms with E-state index in [1.807, 2.05) is 0 Å². The Bertz CT molecular complexity index is 444. The fourth-order valence-electron chi connectivity index (χ4n) is 1.52. The van der Waals surface area contributed by atoms with Crippen molar-refractivity contribution in [1.82, 2.24) is 15.0 Å². The first kappa shape index (κ1) is 11.7. The number of hydrogen-bond donors (Lipinski definition) is 1. The molecule has 0 radical (unpaired) electrons. The standard InChI is InChI=1S/C10H14N4O3/c1-10(2,11)9-12-6(17-13-9)5-14-7(15)3-4-8(14)16/h3-5,11H2,1-2H3. The Morgan fingerprint density at radius 3 is 2.41 bits per heavy atom. The summed E-state index contributed by atoms with van der Waals surface area (Å²) >= 11 is 0. The van der Waals surface area contributed by atoms with Gasteiger partial charge < -0.3 is 10.3 Å². The molecule has 7 heteroatoms. The Hall–Kier alpha value is -1.76. The first-order chi connectivity index (χ1) is 7.88. The number of aromatic nitrogens is 2. The number of carbonyl (C=O) groups is 2. The lowest BCUT2D eigenvalue weighted by molar-refractivity contribution is -0.139. The number of nitrogens with zero attached hydrogens (tertiary/aromatic N) is 3. The van der Waals surface area contributed by atoms with Crippen LogP contribution in [-0.4, -0.2) is 26.9 Å². The van der Waals surface area contributed by atoms with Crippen molar-refractivity contribution in [3.05, 3.63) is 11.7 Å². The van der Waals surface area contributed by atoms with Gasteiger partial charge >= 0.3 is 0 Å². The van der Waals surface area contributed by atoms with E-state index in [4.69, 9.17) is 10.3 Å². The number of nitrogens with two attached hydrogens (primary N) is 1. The van der Waals surface area contributed by atoms with Gasteiger partial charge in [-0.1, -0.05) is 5.16 Å². The summed E-state index contributed by atoms with van der Waals surface area (Å²) in [5.74, 6) is 0.164. The van der Waals surface area contributed by atoms with E-state index >= 15 is 0 Å². The molecule has 0 spiro atoms. The summed E-state index contributed by atoms with van der Waals surface area (Å²) in [6, 6.07) is 0. The smallest absolute Gasteiger partial charge is 0.246 e. The highest BCUT2D eigenvalue weighted by Crippen LogP contribution is 2.17. The van der Waals surface area contributed by atoms with Crippen molar-refractivity contribution >= 4 is 11.8 Å². The zero-order chi connectivity index (χ0) is 12.6. The molecule has 0 unspecified atom stereocenters. The minimum Gasteiger partial charge on any atom is -0.337 e. The van der Waals surface area contributed by atoms with Gasteiger partial charge in [0.15, 0.2) is 5.82 Å². The highest BCUT2D eigenvalue weighted by molar-refractivity contribution is 6.01. The van der Waals surface area contributed by atoms with Gasteiger partial charge in [-0.05, 0) is 13.8 Å². The number of likely N-dealkylation sites (tertiary alicyclic amines) is 1. The van der Waals surface area contributed by atoms with Crippen molar-refractivity contribution in [3.8, 4) is 0 Å². The molecule has 2 heterocycles. The molecule has 1 fully saturated rings. The molecule has 7 nitrogen and oxygen atoms in total. The molecule has 1 saturated heterocycles. The van der Waals surface area contributed by atoms with Gasteiger partial charge in [0.2, 0.25) is 17.7 Å². The third-order valence-electron chi connectivity index (χ3n) is 2.49. The predicted octanol–water partition coefficient (Wildman–Crippen LogP) is -0.0876. The van der Waals surface area contributed by atoms with E-state index in [0.717, 1.165) is 4.90 Å². The number of hydrogen-bond acceptors (Lipinski definition) is 6. The minimum absolute atomic E-state index is 0.0285. The molecule has 0 bridgehead atoms. The highest BCUT2D eigenvalue weighted by Gasteiger charge is 2.31. The molecule has 0 aliphatic carbocycles. The summed E-state index contributed by atoms with van der Waals surface area (Å²) in [5, 5.41) is 3.72. The van der Waals surface area contributed by atoms with Crippen molar-refractivity contribution in [2.75, 3.05) is 0 Å². The summed E-state index contributed by atoms with van der Waals surface area (Å²) in [7, 11) is 0. The molecular formula is C10H14N4O3. The van der Waals surface area contributed by atoms with Crippen LogP contribution in [0.15, 0.2) is 4.52 Å². The molecule has 17 heavy (non-hydrogen) atoms. The van der Waals surface area contributed by atoms with E-state index in [-0.39, 0.29) is 37.1 Å². The van der Waals surface area contributed by atoms with Gasteiger partial charge in [-0.25, -0.2) is 0 Å². The number of rotatable bonds is 3. The van der Waals surface area contributed by atoms with Gasteiger partial charge in [-0.3, -0.25) is 14.5 Å². The van der Waals surface area contributed by atoms with E-state index in [0.29, 0.717) is 5.82 Å². The van der Waals surface area contributed by atoms with E-state index in [1.165, 1.54) is 0 Å². The zero-order valence-electron chi connectivity index (χ0n) is 9.77. The van der Waals surface area contributed by atoms with E-state index in [1.54, 1.807) is 13.8 Å². The SMILES string of the molecule is CC(C)(N)c1noc(CN2C(=O)CCC2=O)n1. The van der Waals surface area contributed by atoms with Gasteiger partial charge in [0, 0.05) is 12.8 Å². The molecule has 2 N–H and O–H groups in total. The summed E-state index contributed by atoms with van der Waals surface area (Å²) in [4.78, 5) is 28.0. The fraction of sp³-hybridized carbons (Fsp3) is 0.600. The molecule has 0 aromatic carbocycles. The van der Waals surface area contributed by atoms with Crippen molar-refractivity contribution in [2.45, 2.75) is 38.8 Å². The van der Waals surface area contributed by atoms with Crippen LogP contribution in [0.1, 0.15) is 38.4 Å². The third kappa shape index (κ3) is 2.33. The monoisotopic (exact) mass is 238 g/mol. The van der Waals surface area contributed by atoms with Gasteiger partial charge in [0.05, 0.1) is 5.54 Å². The maximum Gasteiger partial charge on any atom is 0.246 e. The minimum atomic E-state index is -0.708. The van der Waals surface area contributed by atoms with Crippen LogP contribution < -0.4 is 5.73 Å². The summed E-state index contributed by atoms with van der Waals surface area (Å²) < 4.78 is 4.96. The van der Waals surface area contributed by atoms with Crippen molar-refractivity contribution in [3.63, 3.8) is 0 Å². The van der Waals surface area contributed by atoms with E-state index < -0.39 is 5.54 Å². The number of imide groups is 1. The van der Waals surface area contributed by atoms with Crippen molar-refractivity contribution in [1.29, 1.82) is 0 Å². The maximum absolute atomic E-state index is 11.4. The third-order valence-corrected chi connectivity index (χ3v) is 2.49. The largest absolute Gasteiger partial charge is 0.337 e.